The van der Waals surface area contributed by atoms with Crippen molar-refractivity contribution in [1.29, 1.82) is 0 Å². The molecule has 0 bridgehead atoms. The van der Waals surface area contributed by atoms with E-state index in [4.69, 9.17) is 17.3 Å². The van der Waals surface area contributed by atoms with E-state index >= 15 is 0 Å². The van der Waals surface area contributed by atoms with Gasteiger partial charge in [-0.1, -0.05) is 54.1 Å². The van der Waals surface area contributed by atoms with E-state index in [9.17, 15) is 5.11 Å². The monoisotopic (exact) mass is 289 g/mol. The molecule has 20 heavy (non-hydrogen) atoms. The summed E-state index contributed by atoms with van der Waals surface area (Å²) in [4.78, 5) is 0. The van der Waals surface area contributed by atoms with Crippen molar-refractivity contribution in [1.82, 2.24) is 0 Å². The summed E-state index contributed by atoms with van der Waals surface area (Å²) in [6.07, 6.45) is 1.11. The molecule has 2 aromatic rings. The highest BCUT2D eigenvalue weighted by molar-refractivity contribution is 6.30. The van der Waals surface area contributed by atoms with Gasteiger partial charge in [-0.2, -0.15) is 0 Å². The first-order valence-corrected chi connectivity index (χ1v) is 7.26. The molecule has 2 rings (SSSR count). The molecule has 0 aliphatic heterocycles. The molecule has 3 N–H and O–H groups in total. The minimum absolute atomic E-state index is 0.0454. The van der Waals surface area contributed by atoms with E-state index in [1.54, 1.807) is 0 Å². The molecule has 2 atom stereocenters. The summed E-state index contributed by atoms with van der Waals surface area (Å²) in [5.74, 6) is -0.0454. The number of aliphatic hydroxyl groups excluding tert-OH is 1. The van der Waals surface area contributed by atoms with E-state index in [0.717, 1.165) is 12.0 Å². The fraction of sp³-hybridized carbons (Fsp3) is 0.294. The third-order valence-corrected chi connectivity index (χ3v) is 3.84. The van der Waals surface area contributed by atoms with Gasteiger partial charge in [-0.15, -0.1) is 0 Å². The molecule has 0 radical (unpaired) electrons. The van der Waals surface area contributed by atoms with Gasteiger partial charge in [0.25, 0.3) is 0 Å². The van der Waals surface area contributed by atoms with Crippen molar-refractivity contribution in [2.45, 2.75) is 24.9 Å². The number of nitrogens with two attached hydrogens (primary N) is 1. The Hall–Kier alpha value is -1.35. The highest BCUT2D eigenvalue weighted by Crippen LogP contribution is 2.23. The van der Waals surface area contributed by atoms with Crippen LogP contribution in [0.1, 0.15) is 23.5 Å². The minimum atomic E-state index is -0.443. The van der Waals surface area contributed by atoms with Crippen LogP contribution in [-0.2, 0) is 6.42 Å². The minimum Gasteiger partial charge on any atom is -0.392 e. The first kappa shape index (κ1) is 15.0. The molecular formula is C17H20ClNO. The van der Waals surface area contributed by atoms with E-state index < -0.39 is 6.10 Å². The van der Waals surface area contributed by atoms with E-state index in [-0.39, 0.29) is 5.92 Å². The Morgan fingerprint density at radius 2 is 1.65 bits per heavy atom. The number of rotatable bonds is 6. The van der Waals surface area contributed by atoms with Crippen molar-refractivity contribution in [3.63, 3.8) is 0 Å². The second-order valence-corrected chi connectivity index (χ2v) is 5.42. The molecule has 0 fully saturated rings. The van der Waals surface area contributed by atoms with E-state index in [1.807, 2.05) is 42.5 Å². The summed E-state index contributed by atoms with van der Waals surface area (Å²) in [6.45, 7) is 0.428. The number of aliphatic hydroxyl groups is 1. The lowest BCUT2D eigenvalue weighted by Crippen LogP contribution is -2.26. The molecule has 0 saturated carbocycles. The van der Waals surface area contributed by atoms with Gasteiger partial charge < -0.3 is 10.8 Å². The molecule has 2 aromatic carbocycles. The first-order valence-electron chi connectivity index (χ1n) is 6.88. The van der Waals surface area contributed by atoms with Crippen LogP contribution in [0, 0.1) is 0 Å². The molecule has 0 saturated heterocycles. The van der Waals surface area contributed by atoms with Crippen molar-refractivity contribution in [3.05, 3.63) is 70.7 Å². The zero-order valence-electron chi connectivity index (χ0n) is 11.4. The lowest BCUT2D eigenvalue weighted by Gasteiger charge is -2.22. The Morgan fingerprint density at radius 3 is 2.25 bits per heavy atom. The number of hydrogen-bond donors (Lipinski definition) is 2. The normalized spacial score (nSPS) is 13.9. The summed E-state index contributed by atoms with van der Waals surface area (Å²) in [5, 5.41) is 11.1. The van der Waals surface area contributed by atoms with Crippen molar-refractivity contribution < 1.29 is 5.11 Å². The molecule has 0 heterocycles. The highest BCUT2D eigenvalue weighted by atomic mass is 35.5. The summed E-state index contributed by atoms with van der Waals surface area (Å²) >= 11 is 5.89. The maximum atomic E-state index is 10.4. The summed E-state index contributed by atoms with van der Waals surface area (Å²) in [5.41, 5.74) is 8.09. The van der Waals surface area contributed by atoms with Gasteiger partial charge in [0.1, 0.15) is 0 Å². The quantitative estimate of drug-likeness (QED) is 0.856. The lowest BCUT2D eigenvalue weighted by atomic mass is 9.90. The molecule has 0 amide bonds. The Balaban J connectivity index is 1.98. The molecule has 0 spiro atoms. The average Bonchev–Trinajstić information content (AvgIpc) is 2.49. The molecule has 0 aromatic heterocycles. The Labute approximate surface area is 125 Å². The second-order valence-electron chi connectivity index (χ2n) is 4.99. The average molecular weight is 290 g/mol. The van der Waals surface area contributed by atoms with Gasteiger partial charge in [0.15, 0.2) is 0 Å². The van der Waals surface area contributed by atoms with Crippen molar-refractivity contribution >= 4 is 11.6 Å². The Bertz CT molecular complexity index is 512. The van der Waals surface area contributed by atoms with Gasteiger partial charge in [-0.3, -0.25) is 0 Å². The zero-order chi connectivity index (χ0) is 14.4. The van der Waals surface area contributed by atoms with Crippen molar-refractivity contribution in [2.24, 2.45) is 5.73 Å². The summed E-state index contributed by atoms with van der Waals surface area (Å²) < 4.78 is 0. The Kier molecular flexibility index (Phi) is 5.60. The molecule has 2 nitrogen and oxygen atoms in total. The fourth-order valence-corrected chi connectivity index (χ4v) is 2.51. The summed E-state index contributed by atoms with van der Waals surface area (Å²) in [7, 11) is 0. The van der Waals surface area contributed by atoms with Crippen LogP contribution in [0.3, 0.4) is 0 Å². The largest absolute Gasteiger partial charge is 0.392 e. The van der Waals surface area contributed by atoms with Crippen LogP contribution in [0.25, 0.3) is 0 Å². The van der Waals surface area contributed by atoms with Gasteiger partial charge in [-0.25, -0.2) is 0 Å². The fourth-order valence-electron chi connectivity index (χ4n) is 2.39. The first-order chi connectivity index (χ1) is 9.70. The van der Waals surface area contributed by atoms with Crippen LogP contribution in [0.4, 0.5) is 0 Å². The van der Waals surface area contributed by atoms with Gasteiger partial charge >= 0.3 is 0 Å². The third-order valence-electron chi connectivity index (χ3n) is 3.59. The van der Waals surface area contributed by atoms with E-state index in [1.165, 1.54) is 5.56 Å². The topological polar surface area (TPSA) is 46.2 Å². The van der Waals surface area contributed by atoms with Crippen LogP contribution >= 0.6 is 11.6 Å². The van der Waals surface area contributed by atoms with Crippen LogP contribution in [0.5, 0.6) is 0 Å². The van der Waals surface area contributed by atoms with Crippen molar-refractivity contribution in [3.8, 4) is 0 Å². The smallest absolute Gasteiger partial charge is 0.0624 e. The SMILES string of the molecule is NCC(c1ccc(Cl)cc1)C(O)CCc1ccccc1. The standard InChI is InChI=1S/C17H20ClNO/c18-15-9-7-14(8-10-15)16(12-19)17(20)11-6-13-4-2-1-3-5-13/h1-5,7-10,16-17,20H,6,11-12,19H2. The second kappa shape index (κ2) is 7.44. The Morgan fingerprint density at radius 1 is 1.00 bits per heavy atom. The molecule has 0 aliphatic carbocycles. The lowest BCUT2D eigenvalue weighted by molar-refractivity contribution is 0.136. The van der Waals surface area contributed by atoms with Crippen LogP contribution in [0.2, 0.25) is 5.02 Å². The van der Waals surface area contributed by atoms with Crippen LogP contribution in [0.15, 0.2) is 54.6 Å². The maximum Gasteiger partial charge on any atom is 0.0624 e. The number of aryl methyl sites for hydroxylation is 1. The van der Waals surface area contributed by atoms with Gasteiger partial charge in [-0.05, 0) is 36.1 Å². The molecule has 0 aliphatic rings. The molecule has 106 valence electrons. The van der Waals surface area contributed by atoms with E-state index in [2.05, 4.69) is 12.1 Å². The van der Waals surface area contributed by atoms with Gasteiger partial charge in [0.2, 0.25) is 0 Å². The highest BCUT2D eigenvalue weighted by Gasteiger charge is 2.19. The third kappa shape index (κ3) is 4.07. The number of halogens is 1. The zero-order valence-corrected chi connectivity index (χ0v) is 12.1. The molecule has 3 heteroatoms. The maximum absolute atomic E-state index is 10.4. The molecular weight excluding hydrogens is 270 g/mol. The predicted octanol–water partition coefficient (Wildman–Crippen LogP) is 3.38. The number of hydrogen-bond acceptors (Lipinski definition) is 2. The van der Waals surface area contributed by atoms with Crippen LogP contribution < -0.4 is 5.73 Å². The van der Waals surface area contributed by atoms with E-state index in [0.29, 0.717) is 18.0 Å². The molecule has 2 unspecified atom stereocenters. The van der Waals surface area contributed by atoms with Crippen molar-refractivity contribution in [2.75, 3.05) is 6.54 Å². The summed E-state index contributed by atoms with van der Waals surface area (Å²) in [6, 6.07) is 17.7. The predicted molar refractivity (Wildman–Crippen MR) is 84.0 cm³/mol. The van der Waals surface area contributed by atoms with Gasteiger partial charge in [0, 0.05) is 17.5 Å². The number of benzene rings is 2. The van der Waals surface area contributed by atoms with Crippen LogP contribution in [-0.4, -0.2) is 17.8 Å². The van der Waals surface area contributed by atoms with Gasteiger partial charge in [0.05, 0.1) is 6.10 Å².